The van der Waals surface area contributed by atoms with Gasteiger partial charge in [-0.25, -0.2) is 0 Å². The molecule has 13 rings (SSSR count). The quantitative estimate of drug-likeness (QED) is 0.135. The van der Waals surface area contributed by atoms with E-state index in [0.717, 1.165) is 45.3 Å². The van der Waals surface area contributed by atoms with Gasteiger partial charge in [-0.2, -0.15) is 0 Å². The van der Waals surface area contributed by atoms with Gasteiger partial charge in [0.25, 0.3) is 0 Å². The summed E-state index contributed by atoms with van der Waals surface area (Å²) in [6, 6.07) is 102. The van der Waals surface area contributed by atoms with Gasteiger partial charge in [0.2, 0.25) is 0 Å². The first-order chi connectivity index (χ1) is 35.2. The van der Waals surface area contributed by atoms with Crippen LogP contribution in [0.2, 0.25) is 0 Å². The number of fused-ring (bicyclic) bond motifs is 6. The fraction of sp³-hybridized carbons (Fsp3) is 0. The third kappa shape index (κ3) is 7.79. The van der Waals surface area contributed by atoms with Crippen molar-refractivity contribution in [1.29, 1.82) is 0 Å². The van der Waals surface area contributed by atoms with E-state index in [0.29, 0.717) is 0 Å². The molecule has 0 bridgehead atoms. The molecule has 2 nitrogen and oxygen atoms in total. The molecular weight excluding hydrogens is 877 g/mol. The van der Waals surface area contributed by atoms with Crippen molar-refractivity contribution in [2.24, 2.45) is 0 Å². The van der Waals surface area contributed by atoms with E-state index in [4.69, 9.17) is 0 Å². The van der Waals surface area contributed by atoms with E-state index in [2.05, 4.69) is 289 Å². The van der Waals surface area contributed by atoms with E-state index in [9.17, 15) is 0 Å². The first-order valence-electron chi connectivity index (χ1n) is 24.2. The zero-order valence-corrected chi connectivity index (χ0v) is 39.7. The molecule has 0 amide bonds. The van der Waals surface area contributed by atoms with Crippen LogP contribution in [-0.2, 0) is 0 Å². The first-order valence-corrected chi connectivity index (χ1v) is 25.1. The molecule has 0 unspecified atom stereocenters. The van der Waals surface area contributed by atoms with Gasteiger partial charge >= 0.3 is 0 Å². The number of anilines is 6. The van der Waals surface area contributed by atoms with Crippen LogP contribution >= 0.6 is 11.3 Å². The Morgan fingerprint density at radius 2 is 0.662 bits per heavy atom. The van der Waals surface area contributed by atoms with Crippen molar-refractivity contribution in [2.75, 3.05) is 9.80 Å². The molecule has 3 heteroatoms. The van der Waals surface area contributed by atoms with Crippen LogP contribution in [0.5, 0.6) is 0 Å². The van der Waals surface area contributed by atoms with E-state index in [-0.39, 0.29) is 0 Å². The molecule has 0 fully saturated rings. The summed E-state index contributed by atoms with van der Waals surface area (Å²) in [5.41, 5.74) is 16.0. The second-order valence-corrected chi connectivity index (χ2v) is 19.1. The molecule has 12 aromatic carbocycles. The molecule has 0 atom stereocenters. The van der Waals surface area contributed by atoms with Crippen LogP contribution in [0.4, 0.5) is 34.1 Å². The van der Waals surface area contributed by atoms with E-state index in [1.54, 1.807) is 0 Å². The Bertz CT molecular complexity index is 4040. The maximum absolute atomic E-state index is 2.48. The number of hydrogen-bond donors (Lipinski definition) is 0. The maximum Gasteiger partial charge on any atom is 0.0640 e. The average molecular weight is 923 g/mol. The molecule has 1 aromatic heterocycles. The fourth-order valence-corrected chi connectivity index (χ4v) is 11.8. The lowest BCUT2D eigenvalue weighted by molar-refractivity contribution is 1.28. The van der Waals surface area contributed by atoms with Crippen LogP contribution in [0.25, 0.3) is 86.2 Å². The molecule has 0 saturated carbocycles. The SMILES string of the molecule is c1ccc(-c2ccc(N(c3cccc(-c4ccccc4N(c4ccc(-c5ccccc5)cc4)c4cccc5c4sc4c6ccccc6ccc54)c3)c3cccc(-c4cccc5ccccc45)c3)cc2)cc1. The van der Waals surface area contributed by atoms with Crippen molar-refractivity contribution in [2.45, 2.75) is 0 Å². The van der Waals surface area contributed by atoms with Gasteiger partial charge in [-0.3, -0.25) is 0 Å². The van der Waals surface area contributed by atoms with Crippen LogP contribution in [0.1, 0.15) is 0 Å². The van der Waals surface area contributed by atoms with Crippen molar-refractivity contribution >= 4 is 87.2 Å². The van der Waals surface area contributed by atoms with Gasteiger partial charge in [0.15, 0.2) is 0 Å². The number of benzene rings is 12. The summed E-state index contributed by atoms with van der Waals surface area (Å²) >= 11 is 1.89. The summed E-state index contributed by atoms with van der Waals surface area (Å²) in [6.45, 7) is 0. The largest absolute Gasteiger partial charge is 0.310 e. The Balaban J connectivity index is 0.979. The molecule has 0 spiro atoms. The van der Waals surface area contributed by atoms with Crippen LogP contribution in [0.15, 0.2) is 279 Å². The summed E-state index contributed by atoms with van der Waals surface area (Å²) in [5, 5.41) is 7.56. The van der Waals surface area contributed by atoms with Crippen LogP contribution in [-0.4, -0.2) is 0 Å². The predicted molar refractivity (Wildman–Crippen MR) is 305 cm³/mol. The molecule has 1 heterocycles. The molecule has 13 aromatic rings. The minimum atomic E-state index is 1.07. The Morgan fingerprint density at radius 3 is 1.34 bits per heavy atom. The van der Waals surface area contributed by atoms with Gasteiger partial charge in [-0.05, 0) is 121 Å². The lowest BCUT2D eigenvalue weighted by Crippen LogP contribution is -2.12. The monoisotopic (exact) mass is 922 g/mol. The number of hydrogen-bond acceptors (Lipinski definition) is 3. The molecule has 0 aliphatic carbocycles. The van der Waals surface area contributed by atoms with Gasteiger partial charge < -0.3 is 9.80 Å². The van der Waals surface area contributed by atoms with Crippen molar-refractivity contribution in [3.8, 4) is 44.5 Å². The van der Waals surface area contributed by atoms with Crippen LogP contribution in [0.3, 0.4) is 0 Å². The highest BCUT2D eigenvalue weighted by molar-refractivity contribution is 7.27. The predicted octanol–water partition coefficient (Wildman–Crippen LogP) is 20.0. The number of thiophene rings is 1. The molecule has 0 saturated heterocycles. The lowest BCUT2D eigenvalue weighted by atomic mass is 9.97. The summed E-state index contributed by atoms with van der Waals surface area (Å²) in [6.07, 6.45) is 0. The standard InChI is InChI=1S/C68H46N2S/c1-3-17-47(18-4-1)49-35-40-55(41-36-49)69(57-26-13-24-53(45-57)60-31-15-23-51-21-7-9-28-59(51)60)58-27-14-25-54(46-58)61-29-11-12-33-65(61)70(56-42-37-50(38-43-56)48-19-5-2-6-20-48)66-34-16-32-63-64-44-39-52-22-8-10-30-62(52)67(64)71-68(63)66/h1-46H. The summed E-state index contributed by atoms with van der Waals surface area (Å²) in [4.78, 5) is 4.88. The number of rotatable bonds is 10. The molecule has 0 N–H and O–H groups in total. The fourth-order valence-electron chi connectivity index (χ4n) is 10.4. The molecule has 71 heavy (non-hydrogen) atoms. The summed E-state index contributed by atoms with van der Waals surface area (Å²) in [7, 11) is 0. The van der Waals surface area contributed by atoms with Crippen LogP contribution < -0.4 is 9.80 Å². The smallest absolute Gasteiger partial charge is 0.0640 e. The Morgan fingerprint density at radius 1 is 0.225 bits per heavy atom. The van der Waals surface area contributed by atoms with Gasteiger partial charge in [0, 0.05) is 43.8 Å². The third-order valence-electron chi connectivity index (χ3n) is 13.8. The van der Waals surface area contributed by atoms with Gasteiger partial charge in [-0.15, -0.1) is 11.3 Å². The van der Waals surface area contributed by atoms with E-state index in [1.165, 1.54) is 75.1 Å². The lowest BCUT2D eigenvalue weighted by Gasteiger charge is -2.29. The Hall–Kier alpha value is -9.02. The second-order valence-electron chi connectivity index (χ2n) is 18.1. The second kappa shape index (κ2) is 18.1. The minimum Gasteiger partial charge on any atom is -0.310 e. The third-order valence-corrected chi connectivity index (χ3v) is 15.1. The van der Waals surface area contributed by atoms with Gasteiger partial charge in [0.05, 0.1) is 16.1 Å². The maximum atomic E-state index is 2.48. The highest BCUT2D eigenvalue weighted by Crippen LogP contribution is 2.49. The Labute approximate surface area is 418 Å². The zero-order valence-electron chi connectivity index (χ0n) is 38.9. The Kier molecular flexibility index (Phi) is 10.8. The van der Waals surface area contributed by atoms with Crippen molar-refractivity contribution < 1.29 is 0 Å². The topological polar surface area (TPSA) is 6.48 Å². The van der Waals surface area contributed by atoms with Crippen molar-refractivity contribution in [1.82, 2.24) is 0 Å². The molecular formula is C68H46N2S. The highest BCUT2D eigenvalue weighted by atomic mass is 32.1. The summed E-state index contributed by atoms with van der Waals surface area (Å²) < 4.78 is 2.57. The molecule has 0 aliphatic heterocycles. The van der Waals surface area contributed by atoms with E-state index >= 15 is 0 Å². The highest BCUT2D eigenvalue weighted by Gasteiger charge is 2.23. The number of nitrogens with zero attached hydrogens (tertiary/aromatic N) is 2. The minimum absolute atomic E-state index is 1.07. The van der Waals surface area contributed by atoms with E-state index < -0.39 is 0 Å². The first kappa shape index (κ1) is 42.1. The van der Waals surface area contributed by atoms with Crippen molar-refractivity contribution in [3.05, 3.63) is 279 Å². The molecule has 0 radical (unpaired) electrons. The number of para-hydroxylation sites is 1. The summed E-state index contributed by atoms with van der Waals surface area (Å²) in [5.74, 6) is 0. The van der Waals surface area contributed by atoms with Gasteiger partial charge in [0.1, 0.15) is 0 Å². The zero-order chi connectivity index (χ0) is 47.1. The normalized spacial score (nSPS) is 11.4. The van der Waals surface area contributed by atoms with Crippen molar-refractivity contribution in [3.63, 3.8) is 0 Å². The van der Waals surface area contributed by atoms with Crippen LogP contribution in [0, 0.1) is 0 Å². The van der Waals surface area contributed by atoms with E-state index in [1.807, 2.05) is 11.3 Å². The van der Waals surface area contributed by atoms with Gasteiger partial charge in [-0.1, -0.05) is 218 Å². The molecule has 334 valence electrons. The molecule has 0 aliphatic rings. The average Bonchev–Trinajstić information content (AvgIpc) is 3.84.